The lowest BCUT2D eigenvalue weighted by atomic mass is 9.99. The molecule has 6 heteroatoms. The normalized spacial score (nSPS) is 11.5. The van der Waals surface area contributed by atoms with Gasteiger partial charge in [-0.1, -0.05) is 129 Å². The molecule has 0 saturated carbocycles. The van der Waals surface area contributed by atoms with Crippen molar-refractivity contribution in [1.82, 2.24) is 0 Å². The lowest BCUT2D eigenvalue weighted by molar-refractivity contribution is 0.304. The van der Waals surface area contributed by atoms with E-state index >= 15 is 0 Å². The molecule has 56 heavy (non-hydrogen) atoms. The van der Waals surface area contributed by atoms with E-state index in [-0.39, 0.29) is 0 Å². The van der Waals surface area contributed by atoms with Crippen LogP contribution in [-0.2, 0) is 0 Å². The molecule has 0 bridgehead atoms. The molecule has 0 aliphatic heterocycles. The van der Waals surface area contributed by atoms with Gasteiger partial charge in [0.25, 0.3) is 0 Å². The zero-order valence-electron chi connectivity index (χ0n) is 35.0. The van der Waals surface area contributed by atoms with E-state index in [2.05, 4.69) is 26.0 Å². The molecule has 3 aromatic rings. The predicted molar refractivity (Wildman–Crippen MR) is 234 cm³/mol. The smallest absolute Gasteiger partial charge is 0.126 e. The average molecular weight is 761 g/mol. The molecule has 0 aromatic heterocycles. The molecule has 0 N–H and O–H groups in total. The second kappa shape index (κ2) is 28.7. The standard InChI is InChI=1S/C50H68N2O4/c1-5-7-9-11-13-15-17-19-21-23-33-55-47-29-25-41(26-30-47)45(39-51)35-43-37-50(54-4)44(38-49(43)53-3)36-46(40-52)42-27-31-48(32-28-42)56-34-24-22-20-18-16-14-12-10-8-6-2/h25-32,35-38H,5-24,33-34H2,1-4H3/b45-35+,46-36+. The minimum Gasteiger partial charge on any atom is -0.496 e. The van der Waals surface area contributed by atoms with Crippen LogP contribution in [-0.4, -0.2) is 27.4 Å². The Bertz CT molecular complexity index is 1540. The summed E-state index contributed by atoms with van der Waals surface area (Å²) in [6, 6.07) is 23.7. The van der Waals surface area contributed by atoms with E-state index in [1.165, 1.54) is 116 Å². The molecule has 3 rings (SSSR count). The van der Waals surface area contributed by atoms with Gasteiger partial charge in [0, 0.05) is 11.1 Å². The highest BCUT2D eigenvalue weighted by Gasteiger charge is 2.13. The van der Waals surface area contributed by atoms with Gasteiger partial charge in [-0.2, -0.15) is 10.5 Å². The van der Waals surface area contributed by atoms with Crippen molar-refractivity contribution in [1.29, 1.82) is 10.5 Å². The van der Waals surface area contributed by atoms with E-state index in [1.807, 2.05) is 60.7 Å². The number of hydrogen-bond acceptors (Lipinski definition) is 6. The van der Waals surface area contributed by atoms with Crippen LogP contribution in [0.3, 0.4) is 0 Å². The molecule has 0 aliphatic carbocycles. The van der Waals surface area contributed by atoms with E-state index in [9.17, 15) is 10.5 Å². The summed E-state index contributed by atoms with van der Waals surface area (Å²) in [6.07, 6.45) is 29.4. The number of unbranched alkanes of at least 4 members (excludes halogenated alkanes) is 18. The highest BCUT2D eigenvalue weighted by atomic mass is 16.5. The number of nitriles is 2. The van der Waals surface area contributed by atoms with Crippen molar-refractivity contribution < 1.29 is 18.9 Å². The topological polar surface area (TPSA) is 84.5 Å². The monoisotopic (exact) mass is 761 g/mol. The van der Waals surface area contributed by atoms with Crippen molar-refractivity contribution in [2.45, 2.75) is 142 Å². The van der Waals surface area contributed by atoms with E-state index in [1.54, 1.807) is 26.4 Å². The molecule has 3 aromatic carbocycles. The molecule has 0 aliphatic rings. The van der Waals surface area contributed by atoms with Gasteiger partial charge in [-0.05, 0) is 96.8 Å². The highest BCUT2D eigenvalue weighted by molar-refractivity contribution is 5.93. The number of hydrogen-bond donors (Lipinski definition) is 0. The second-order valence-electron chi connectivity index (χ2n) is 14.8. The Morgan fingerprint density at radius 2 is 0.768 bits per heavy atom. The summed E-state index contributed by atoms with van der Waals surface area (Å²) in [5.74, 6) is 2.73. The Morgan fingerprint density at radius 1 is 0.464 bits per heavy atom. The molecule has 0 heterocycles. The van der Waals surface area contributed by atoms with Gasteiger partial charge in [0.15, 0.2) is 0 Å². The fraction of sp³-hybridized carbons (Fsp3) is 0.520. The summed E-state index contributed by atoms with van der Waals surface area (Å²) in [6.45, 7) is 5.91. The summed E-state index contributed by atoms with van der Waals surface area (Å²) in [7, 11) is 3.19. The maximum Gasteiger partial charge on any atom is 0.126 e. The first kappa shape index (κ1) is 45.7. The summed E-state index contributed by atoms with van der Waals surface area (Å²) in [4.78, 5) is 0. The first-order valence-corrected chi connectivity index (χ1v) is 21.5. The third kappa shape index (κ3) is 17.4. The van der Waals surface area contributed by atoms with Gasteiger partial charge in [-0.15, -0.1) is 0 Å². The van der Waals surface area contributed by atoms with E-state index < -0.39 is 0 Å². The predicted octanol–water partition coefficient (Wildman–Crippen LogP) is 14.4. The summed E-state index contributed by atoms with van der Waals surface area (Å²) in [5, 5.41) is 20.2. The van der Waals surface area contributed by atoms with Gasteiger partial charge in [-0.3, -0.25) is 0 Å². The van der Waals surface area contributed by atoms with Crippen molar-refractivity contribution in [2.75, 3.05) is 27.4 Å². The number of ether oxygens (including phenoxy) is 4. The van der Waals surface area contributed by atoms with Crippen LogP contribution >= 0.6 is 0 Å². The fourth-order valence-corrected chi connectivity index (χ4v) is 6.86. The van der Waals surface area contributed by atoms with Gasteiger partial charge >= 0.3 is 0 Å². The van der Waals surface area contributed by atoms with Crippen molar-refractivity contribution in [2.24, 2.45) is 0 Å². The van der Waals surface area contributed by atoms with E-state index in [0.29, 0.717) is 47.0 Å². The average Bonchev–Trinajstić information content (AvgIpc) is 3.23. The van der Waals surface area contributed by atoms with Gasteiger partial charge in [-0.25, -0.2) is 0 Å². The van der Waals surface area contributed by atoms with Crippen LogP contribution in [0.2, 0.25) is 0 Å². The quantitative estimate of drug-likeness (QED) is 0.0382. The van der Waals surface area contributed by atoms with Gasteiger partial charge in [0.1, 0.15) is 23.0 Å². The molecule has 0 radical (unpaired) electrons. The Hall–Kier alpha value is -4.68. The number of nitrogens with zero attached hydrogens (tertiary/aromatic N) is 2. The summed E-state index contributed by atoms with van der Waals surface area (Å²) in [5.41, 5.74) is 3.94. The molecule has 0 spiro atoms. The zero-order valence-corrected chi connectivity index (χ0v) is 35.0. The number of methoxy groups -OCH3 is 2. The van der Waals surface area contributed by atoms with Crippen molar-refractivity contribution in [3.8, 4) is 35.1 Å². The van der Waals surface area contributed by atoms with Gasteiger partial charge in [0.2, 0.25) is 0 Å². The number of allylic oxidation sites excluding steroid dienone is 2. The lowest BCUT2D eigenvalue weighted by Crippen LogP contribution is -1.97. The maximum atomic E-state index is 10.1. The molecule has 0 saturated heterocycles. The Morgan fingerprint density at radius 3 is 1.05 bits per heavy atom. The van der Waals surface area contributed by atoms with Crippen LogP contribution in [0.4, 0.5) is 0 Å². The van der Waals surface area contributed by atoms with Crippen LogP contribution in [0, 0.1) is 22.7 Å². The molecule has 302 valence electrons. The third-order valence-corrected chi connectivity index (χ3v) is 10.3. The van der Waals surface area contributed by atoms with Crippen molar-refractivity contribution >= 4 is 23.3 Å². The number of rotatable bonds is 30. The lowest BCUT2D eigenvalue weighted by Gasteiger charge is -2.13. The van der Waals surface area contributed by atoms with Crippen LogP contribution in [0.1, 0.15) is 165 Å². The first-order chi connectivity index (χ1) is 27.6. The number of benzene rings is 3. The van der Waals surface area contributed by atoms with Crippen LogP contribution in [0.5, 0.6) is 23.0 Å². The Kier molecular flexibility index (Phi) is 23.4. The van der Waals surface area contributed by atoms with Crippen molar-refractivity contribution in [3.63, 3.8) is 0 Å². The molecule has 0 fully saturated rings. The molecular weight excluding hydrogens is 693 g/mol. The van der Waals surface area contributed by atoms with Crippen LogP contribution in [0.15, 0.2) is 60.7 Å². The minimum absolute atomic E-state index is 0.489. The van der Waals surface area contributed by atoms with E-state index in [4.69, 9.17) is 18.9 Å². The maximum absolute atomic E-state index is 10.1. The largest absolute Gasteiger partial charge is 0.496 e. The molecule has 0 unspecified atom stereocenters. The van der Waals surface area contributed by atoms with Gasteiger partial charge < -0.3 is 18.9 Å². The molecule has 6 nitrogen and oxygen atoms in total. The summed E-state index contributed by atoms with van der Waals surface area (Å²) >= 11 is 0. The second-order valence-corrected chi connectivity index (χ2v) is 14.8. The summed E-state index contributed by atoms with van der Waals surface area (Å²) < 4.78 is 23.5. The van der Waals surface area contributed by atoms with Crippen molar-refractivity contribution in [3.05, 3.63) is 82.9 Å². The third-order valence-electron chi connectivity index (χ3n) is 10.3. The SMILES string of the molecule is CCCCCCCCCCCCOc1ccc(/C(C#N)=C/c2cc(OC)c(/C=C(\C#N)c3ccc(OCCCCCCCCCCCC)cc3)cc2OC)cc1. The Balaban J connectivity index is 1.55. The van der Waals surface area contributed by atoms with E-state index in [0.717, 1.165) is 35.5 Å². The zero-order chi connectivity index (χ0) is 40.1. The molecule has 0 atom stereocenters. The molecule has 0 amide bonds. The van der Waals surface area contributed by atoms with Crippen LogP contribution in [0.25, 0.3) is 23.3 Å². The minimum atomic E-state index is 0.489. The highest BCUT2D eigenvalue weighted by Crippen LogP contribution is 2.35. The Labute approximate surface area is 339 Å². The molecular formula is C50H68N2O4. The van der Waals surface area contributed by atoms with Gasteiger partial charge in [0.05, 0.1) is 50.7 Å². The van der Waals surface area contributed by atoms with Crippen LogP contribution < -0.4 is 18.9 Å². The fourth-order valence-electron chi connectivity index (χ4n) is 6.86. The first-order valence-electron chi connectivity index (χ1n) is 21.5.